The third-order valence-corrected chi connectivity index (χ3v) is 6.20. The Morgan fingerprint density at radius 1 is 1.05 bits per heavy atom. The maximum atomic E-state index is 14.9. The van der Waals surface area contributed by atoms with Crippen LogP contribution in [0.4, 0.5) is 26.2 Å². The van der Waals surface area contributed by atoms with Crippen molar-refractivity contribution in [3.05, 3.63) is 64.7 Å². The number of hydrogen-bond donors (Lipinski definition) is 4. The molecule has 2 amide bonds. The number of nitrogens with zero attached hydrogens (tertiary/aromatic N) is 3. The first-order valence-electron chi connectivity index (χ1n) is 13.4. The van der Waals surface area contributed by atoms with Gasteiger partial charge in [-0.2, -0.15) is 4.98 Å². The van der Waals surface area contributed by atoms with E-state index in [0.29, 0.717) is 41.9 Å². The Morgan fingerprint density at radius 3 is 2.45 bits per heavy atom. The molecule has 0 bridgehead atoms. The van der Waals surface area contributed by atoms with E-state index in [1.165, 1.54) is 6.07 Å². The molecular weight excluding hydrogens is 516 g/mol. The average molecular weight is 554 g/mol. The van der Waals surface area contributed by atoms with Crippen molar-refractivity contribution >= 4 is 29.8 Å². The van der Waals surface area contributed by atoms with Crippen LogP contribution in [0.15, 0.2) is 36.4 Å². The molecule has 0 radical (unpaired) electrons. The summed E-state index contributed by atoms with van der Waals surface area (Å²) in [6.07, 6.45) is 1.90. The second kappa shape index (κ2) is 15.0. The predicted molar refractivity (Wildman–Crippen MR) is 154 cm³/mol. The van der Waals surface area contributed by atoms with Gasteiger partial charge in [-0.25, -0.2) is 13.8 Å². The zero-order chi connectivity index (χ0) is 29.1. The van der Waals surface area contributed by atoms with Crippen LogP contribution in [0.1, 0.15) is 48.2 Å². The minimum absolute atomic E-state index is 0.0211. The van der Waals surface area contributed by atoms with Gasteiger partial charge >= 0.3 is 0 Å². The molecular formula is C29H37F2N7O2. The predicted octanol–water partition coefficient (Wildman–Crippen LogP) is 4.30. The lowest BCUT2D eigenvalue weighted by molar-refractivity contribution is -0.106. The van der Waals surface area contributed by atoms with Gasteiger partial charge in [-0.3, -0.25) is 14.5 Å². The van der Waals surface area contributed by atoms with Gasteiger partial charge in [-0.05, 0) is 69.7 Å². The molecule has 0 spiro atoms. The van der Waals surface area contributed by atoms with Crippen LogP contribution in [0.2, 0.25) is 0 Å². The van der Waals surface area contributed by atoms with Crippen molar-refractivity contribution < 1.29 is 18.4 Å². The first-order valence-corrected chi connectivity index (χ1v) is 13.4. The first-order chi connectivity index (χ1) is 19.4. The standard InChI is InChI=1S/C29H37F2N7O2/c1-5-13-34-28(40)20-12-11-19(3)21(16-20)25-22(17-32-4)27(37-29(36-25)35-15-8-14-33-6-2)38(18-39)26-23(30)9-7-10-24(26)31/h7,9-12,16,18,32-33H,5-6,8,13-15,17H2,1-4H3,(H,34,40)(H,35,36,37). The summed E-state index contributed by atoms with van der Waals surface area (Å²) in [4.78, 5) is 35.4. The molecule has 0 atom stereocenters. The molecule has 1 heterocycles. The van der Waals surface area contributed by atoms with E-state index in [0.717, 1.165) is 48.5 Å². The molecule has 3 rings (SSSR count). The summed E-state index contributed by atoms with van der Waals surface area (Å²) in [6, 6.07) is 8.67. The second-order valence-electron chi connectivity index (χ2n) is 9.19. The summed E-state index contributed by atoms with van der Waals surface area (Å²) in [6.45, 7) is 8.72. The lowest BCUT2D eigenvalue weighted by atomic mass is 9.98. The van der Waals surface area contributed by atoms with Crippen molar-refractivity contribution in [2.45, 2.75) is 40.2 Å². The van der Waals surface area contributed by atoms with Crippen LogP contribution in [0.3, 0.4) is 0 Å². The Labute approximate surface area is 233 Å². The fourth-order valence-corrected chi connectivity index (χ4v) is 4.19. The molecule has 0 aliphatic carbocycles. The summed E-state index contributed by atoms with van der Waals surface area (Å²) in [5, 5.41) is 12.3. The monoisotopic (exact) mass is 553 g/mol. The topological polar surface area (TPSA) is 111 Å². The van der Waals surface area contributed by atoms with Crippen molar-refractivity contribution in [2.75, 3.05) is 43.4 Å². The van der Waals surface area contributed by atoms with Gasteiger partial charge in [0.15, 0.2) is 5.82 Å². The number of benzene rings is 2. The van der Waals surface area contributed by atoms with Gasteiger partial charge in [0.2, 0.25) is 12.4 Å². The lowest BCUT2D eigenvalue weighted by Crippen LogP contribution is -2.25. The maximum absolute atomic E-state index is 14.9. The van der Waals surface area contributed by atoms with Gasteiger partial charge in [0, 0.05) is 36.3 Å². The Hall–Kier alpha value is -3.96. The third-order valence-electron chi connectivity index (χ3n) is 6.20. The molecule has 3 aromatic rings. The van der Waals surface area contributed by atoms with Crippen molar-refractivity contribution in [1.29, 1.82) is 0 Å². The number of nitrogens with one attached hydrogen (secondary N) is 4. The Kier molecular flexibility index (Phi) is 11.5. The fraction of sp³-hybridized carbons (Fsp3) is 0.379. The van der Waals surface area contributed by atoms with Crippen LogP contribution in [-0.2, 0) is 11.3 Å². The van der Waals surface area contributed by atoms with Crippen LogP contribution in [0, 0.1) is 18.6 Å². The largest absolute Gasteiger partial charge is 0.354 e. The van der Waals surface area contributed by atoms with E-state index in [1.54, 1.807) is 19.2 Å². The lowest BCUT2D eigenvalue weighted by Gasteiger charge is -2.24. The smallest absolute Gasteiger partial charge is 0.251 e. The minimum atomic E-state index is -0.909. The van der Waals surface area contributed by atoms with E-state index in [9.17, 15) is 18.4 Å². The minimum Gasteiger partial charge on any atom is -0.354 e. The Balaban J connectivity index is 2.23. The van der Waals surface area contributed by atoms with Gasteiger partial charge in [0.05, 0.1) is 5.69 Å². The van der Waals surface area contributed by atoms with Gasteiger partial charge < -0.3 is 21.3 Å². The number of aromatic nitrogens is 2. The van der Waals surface area contributed by atoms with E-state index in [2.05, 4.69) is 26.3 Å². The number of amides is 2. The number of carbonyl (C=O) groups excluding carboxylic acids is 2. The van der Waals surface area contributed by atoms with Crippen molar-refractivity contribution in [1.82, 2.24) is 25.9 Å². The summed E-state index contributed by atoms with van der Waals surface area (Å²) < 4.78 is 29.8. The molecule has 0 unspecified atom stereocenters. The average Bonchev–Trinajstić information content (AvgIpc) is 2.94. The van der Waals surface area contributed by atoms with Gasteiger partial charge in [-0.1, -0.05) is 26.0 Å². The number of aryl methyl sites for hydroxylation is 1. The zero-order valence-corrected chi connectivity index (χ0v) is 23.4. The maximum Gasteiger partial charge on any atom is 0.251 e. The molecule has 214 valence electrons. The Bertz CT molecular complexity index is 1300. The van der Waals surface area contributed by atoms with Crippen LogP contribution >= 0.6 is 0 Å². The number of hydrogen-bond acceptors (Lipinski definition) is 7. The molecule has 0 saturated carbocycles. The van der Waals surface area contributed by atoms with Crippen LogP contribution in [-0.4, -0.2) is 55.5 Å². The first kappa shape index (κ1) is 30.6. The highest BCUT2D eigenvalue weighted by atomic mass is 19.1. The fourth-order valence-electron chi connectivity index (χ4n) is 4.19. The summed E-state index contributed by atoms with van der Waals surface area (Å²) in [5.74, 6) is -1.84. The van der Waals surface area contributed by atoms with E-state index < -0.39 is 17.3 Å². The zero-order valence-electron chi connectivity index (χ0n) is 23.4. The van der Waals surface area contributed by atoms with Crippen molar-refractivity contribution in [3.63, 3.8) is 0 Å². The quantitative estimate of drug-likeness (QED) is 0.164. The number of rotatable bonds is 15. The normalized spacial score (nSPS) is 10.8. The molecule has 40 heavy (non-hydrogen) atoms. The molecule has 0 fully saturated rings. The highest BCUT2D eigenvalue weighted by molar-refractivity contribution is 5.96. The van der Waals surface area contributed by atoms with E-state index in [-0.39, 0.29) is 24.2 Å². The van der Waals surface area contributed by atoms with Crippen LogP contribution < -0.4 is 26.2 Å². The molecule has 0 aliphatic rings. The Morgan fingerprint density at radius 2 is 1.80 bits per heavy atom. The number of para-hydroxylation sites is 1. The molecule has 2 aromatic carbocycles. The van der Waals surface area contributed by atoms with Gasteiger partial charge in [-0.15, -0.1) is 0 Å². The SMILES string of the molecule is CCCNC(=O)c1ccc(C)c(-c2nc(NCCCNCC)nc(N(C=O)c3c(F)cccc3F)c2CNC)c1. The summed E-state index contributed by atoms with van der Waals surface area (Å²) >= 11 is 0. The molecule has 0 aliphatic heterocycles. The summed E-state index contributed by atoms with van der Waals surface area (Å²) in [5.41, 5.74) is 2.22. The summed E-state index contributed by atoms with van der Waals surface area (Å²) in [7, 11) is 1.71. The molecule has 0 saturated heterocycles. The van der Waals surface area contributed by atoms with Crippen molar-refractivity contribution in [2.24, 2.45) is 0 Å². The van der Waals surface area contributed by atoms with Crippen LogP contribution in [0.5, 0.6) is 0 Å². The van der Waals surface area contributed by atoms with E-state index in [1.807, 2.05) is 26.8 Å². The highest BCUT2D eigenvalue weighted by Gasteiger charge is 2.26. The van der Waals surface area contributed by atoms with Crippen LogP contribution in [0.25, 0.3) is 11.3 Å². The number of anilines is 3. The van der Waals surface area contributed by atoms with Crippen molar-refractivity contribution in [3.8, 4) is 11.3 Å². The molecule has 11 heteroatoms. The van der Waals surface area contributed by atoms with E-state index >= 15 is 0 Å². The highest BCUT2D eigenvalue weighted by Crippen LogP contribution is 2.36. The second-order valence-corrected chi connectivity index (χ2v) is 9.19. The molecule has 4 N–H and O–H groups in total. The molecule has 9 nitrogen and oxygen atoms in total. The molecule has 1 aromatic heterocycles. The number of halogens is 2. The van der Waals surface area contributed by atoms with Gasteiger partial charge in [0.1, 0.15) is 17.3 Å². The number of carbonyl (C=O) groups is 2. The van der Waals surface area contributed by atoms with Gasteiger partial charge in [0.25, 0.3) is 5.91 Å². The third kappa shape index (κ3) is 7.36. The van der Waals surface area contributed by atoms with E-state index in [4.69, 9.17) is 4.98 Å².